The van der Waals surface area contributed by atoms with Crippen LogP contribution in [0.3, 0.4) is 0 Å². The average Bonchev–Trinajstić information content (AvgIpc) is 2.62. The smallest absolute Gasteiger partial charge is 0.255 e. The summed E-state index contributed by atoms with van der Waals surface area (Å²) in [4.78, 5) is 19.0. The summed E-state index contributed by atoms with van der Waals surface area (Å²) in [6.07, 6.45) is 3.60. The van der Waals surface area contributed by atoms with Crippen molar-refractivity contribution in [2.24, 2.45) is 0 Å². The molecule has 1 aromatic heterocycles. The van der Waals surface area contributed by atoms with Crippen LogP contribution in [0.15, 0.2) is 42.6 Å². The van der Waals surface area contributed by atoms with Crippen molar-refractivity contribution >= 4 is 11.7 Å². The number of aromatic nitrogens is 1. The van der Waals surface area contributed by atoms with Crippen LogP contribution in [0.25, 0.3) is 0 Å². The summed E-state index contributed by atoms with van der Waals surface area (Å²) >= 11 is 0. The molecular weight excluding hydrogens is 309 g/mol. The van der Waals surface area contributed by atoms with E-state index in [4.69, 9.17) is 4.74 Å². The second-order valence-corrected chi connectivity index (χ2v) is 5.79. The molecule has 1 atom stereocenters. The Morgan fingerprint density at radius 2 is 2.25 bits per heavy atom. The summed E-state index contributed by atoms with van der Waals surface area (Å²) in [6.45, 7) is 1.59. The zero-order valence-electron chi connectivity index (χ0n) is 13.5. The van der Waals surface area contributed by atoms with E-state index < -0.39 is 5.82 Å². The van der Waals surface area contributed by atoms with E-state index in [1.807, 2.05) is 18.2 Å². The number of hydrogen-bond donors (Lipinski definition) is 1. The quantitative estimate of drug-likeness (QED) is 0.937. The Morgan fingerprint density at radius 3 is 3.00 bits per heavy atom. The Labute approximate surface area is 140 Å². The predicted molar refractivity (Wildman–Crippen MR) is 89.9 cm³/mol. The maximum Gasteiger partial charge on any atom is 0.255 e. The molecule has 1 saturated heterocycles. The van der Waals surface area contributed by atoms with E-state index in [2.05, 4.69) is 15.2 Å². The highest BCUT2D eigenvalue weighted by Crippen LogP contribution is 2.21. The van der Waals surface area contributed by atoms with Crippen LogP contribution in [0.2, 0.25) is 0 Å². The van der Waals surface area contributed by atoms with Crippen molar-refractivity contribution in [1.82, 2.24) is 10.3 Å². The predicted octanol–water partition coefficient (Wildman–Crippen LogP) is 2.63. The number of pyridine rings is 1. The molecule has 2 aromatic rings. The number of hydrogen-bond acceptors (Lipinski definition) is 4. The van der Waals surface area contributed by atoms with Crippen LogP contribution >= 0.6 is 0 Å². The maximum atomic E-state index is 13.5. The molecule has 1 fully saturated rings. The zero-order valence-corrected chi connectivity index (χ0v) is 13.5. The molecule has 3 rings (SSSR count). The van der Waals surface area contributed by atoms with E-state index >= 15 is 0 Å². The van der Waals surface area contributed by atoms with E-state index in [0.29, 0.717) is 12.3 Å². The third kappa shape index (κ3) is 3.64. The molecule has 0 unspecified atom stereocenters. The van der Waals surface area contributed by atoms with Gasteiger partial charge in [-0.1, -0.05) is 6.07 Å². The monoisotopic (exact) mass is 329 g/mol. The van der Waals surface area contributed by atoms with E-state index in [9.17, 15) is 9.18 Å². The molecule has 5 nitrogen and oxygen atoms in total. The number of piperidine rings is 1. The van der Waals surface area contributed by atoms with Crippen LogP contribution in [0.5, 0.6) is 5.75 Å². The average molecular weight is 329 g/mol. The number of rotatable bonds is 4. The molecule has 0 aliphatic carbocycles. The molecule has 2 heterocycles. The van der Waals surface area contributed by atoms with Crippen LogP contribution < -0.4 is 15.0 Å². The lowest BCUT2D eigenvalue weighted by molar-refractivity contribution is 0.0929. The Balaban J connectivity index is 1.69. The van der Waals surface area contributed by atoms with Crippen LogP contribution in [-0.4, -0.2) is 37.1 Å². The van der Waals surface area contributed by atoms with Crippen molar-refractivity contribution in [2.45, 2.75) is 18.9 Å². The first-order valence-electron chi connectivity index (χ1n) is 7.98. The molecule has 1 aliphatic heterocycles. The number of halogens is 1. The van der Waals surface area contributed by atoms with Crippen LogP contribution in [0.1, 0.15) is 23.2 Å². The van der Waals surface area contributed by atoms with E-state index in [0.717, 1.165) is 25.2 Å². The molecular formula is C18H20FN3O2. The van der Waals surface area contributed by atoms with Gasteiger partial charge in [0.1, 0.15) is 17.4 Å². The summed E-state index contributed by atoms with van der Waals surface area (Å²) in [5.41, 5.74) is 0.215. The number of carbonyl (C=O) groups excluding carboxylic acids is 1. The second kappa shape index (κ2) is 7.29. The molecule has 0 saturated carbocycles. The lowest BCUT2D eigenvalue weighted by Crippen LogP contribution is -2.48. The number of nitrogens with one attached hydrogen (secondary N) is 1. The summed E-state index contributed by atoms with van der Waals surface area (Å²) in [5, 5.41) is 2.98. The third-order valence-corrected chi connectivity index (χ3v) is 4.14. The first-order chi connectivity index (χ1) is 11.7. The van der Waals surface area contributed by atoms with Crippen molar-refractivity contribution in [3.8, 4) is 5.75 Å². The summed E-state index contributed by atoms with van der Waals surface area (Å²) in [7, 11) is 1.47. The van der Waals surface area contributed by atoms with Crippen molar-refractivity contribution in [2.75, 3.05) is 25.1 Å². The number of methoxy groups -OCH3 is 1. The highest BCUT2D eigenvalue weighted by atomic mass is 19.1. The molecule has 1 aliphatic rings. The fourth-order valence-corrected chi connectivity index (χ4v) is 2.96. The molecule has 1 N–H and O–H groups in total. The number of carbonyl (C=O) groups is 1. The van der Waals surface area contributed by atoms with Crippen molar-refractivity contribution in [3.05, 3.63) is 54.0 Å². The van der Waals surface area contributed by atoms with E-state index in [-0.39, 0.29) is 17.5 Å². The SMILES string of the molecule is COc1ccc(F)cc1C(=O)N[C@H]1CCCN(c2ccccn2)C1. The lowest BCUT2D eigenvalue weighted by Gasteiger charge is -2.34. The lowest BCUT2D eigenvalue weighted by atomic mass is 10.0. The standard InChI is InChI=1S/C18H20FN3O2/c1-24-16-8-7-13(19)11-15(16)18(23)21-14-5-4-10-22(12-14)17-6-2-3-9-20-17/h2-3,6-9,11,14H,4-5,10,12H2,1H3,(H,21,23)/t14-/m0/s1. The second-order valence-electron chi connectivity index (χ2n) is 5.79. The van der Waals surface area contributed by atoms with Gasteiger partial charge in [-0.3, -0.25) is 4.79 Å². The fraction of sp³-hybridized carbons (Fsp3) is 0.333. The van der Waals surface area contributed by atoms with Gasteiger partial charge in [0.25, 0.3) is 5.91 Å². The molecule has 0 spiro atoms. The molecule has 6 heteroatoms. The molecule has 0 radical (unpaired) electrons. The molecule has 0 bridgehead atoms. The van der Waals surface area contributed by atoms with Gasteiger partial charge in [0.05, 0.1) is 12.7 Å². The van der Waals surface area contributed by atoms with Crippen LogP contribution in [-0.2, 0) is 0 Å². The molecule has 1 aromatic carbocycles. The van der Waals surface area contributed by atoms with Gasteiger partial charge in [0, 0.05) is 25.3 Å². The maximum absolute atomic E-state index is 13.5. The van der Waals surface area contributed by atoms with Crippen LogP contribution in [0.4, 0.5) is 10.2 Å². The first-order valence-corrected chi connectivity index (χ1v) is 7.98. The number of ether oxygens (including phenoxy) is 1. The van der Waals surface area contributed by atoms with Crippen molar-refractivity contribution in [3.63, 3.8) is 0 Å². The van der Waals surface area contributed by atoms with E-state index in [1.165, 1.54) is 25.3 Å². The largest absolute Gasteiger partial charge is 0.496 e. The Morgan fingerprint density at radius 1 is 1.38 bits per heavy atom. The van der Waals surface area contributed by atoms with Gasteiger partial charge in [0.15, 0.2) is 0 Å². The van der Waals surface area contributed by atoms with Gasteiger partial charge in [-0.2, -0.15) is 0 Å². The summed E-state index contributed by atoms with van der Waals surface area (Å²) in [6, 6.07) is 9.71. The number of amides is 1. The topological polar surface area (TPSA) is 54.5 Å². The number of anilines is 1. The van der Waals surface area contributed by atoms with Gasteiger partial charge in [0.2, 0.25) is 0 Å². The summed E-state index contributed by atoms with van der Waals surface area (Å²) in [5.74, 6) is 0.491. The normalized spacial score (nSPS) is 17.4. The zero-order chi connectivity index (χ0) is 16.9. The minimum absolute atomic E-state index is 0.0128. The van der Waals surface area contributed by atoms with Gasteiger partial charge in [-0.25, -0.2) is 9.37 Å². The Bertz CT molecular complexity index is 709. The molecule has 1 amide bonds. The molecule has 24 heavy (non-hydrogen) atoms. The van der Waals surface area contributed by atoms with E-state index in [1.54, 1.807) is 6.20 Å². The Kier molecular flexibility index (Phi) is 4.93. The van der Waals surface area contributed by atoms with Gasteiger partial charge in [-0.15, -0.1) is 0 Å². The van der Waals surface area contributed by atoms with Crippen molar-refractivity contribution in [1.29, 1.82) is 0 Å². The highest BCUT2D eigenvalue weighted by molar-refractivity contribution is 5.97. The number of nitrogens with zero attached hydrogens (tertiary/aromatic N) is 2. The molecule has 126 valence electrons. The summed E-state index contributed by atoms with van der Waals surface area (Å²) < 4.78 is 18.6. The van der Waals surface area contributed by atoms with Gasteiger partial charge < -0.3 is 15.0 Å². The van der Waals surface area contributed by atoms with Gasteiger partial charge >= 0.3 is 0 Å². The Hall–Kier alpha value is -2.63. The van der Waals surface area contributed by atoms with Crippen LogP contribution in [0, 0.1) is 5.82 Å². The van der Waals surface area contributed by atoms with Crippen molar-refractivity contribution < 1.29 is 13.9 Å². The first kappa shape index (κ1) is 16.2. The minimum atomic E-state index is -0.459. The highest BCUT2D eigenvalue weighted by Gasteiger charge is 2.24. The fourth-order valence-electron chi connectivity index (χ4n) is 2.96. The minimum Gasteiger partial charge on any atom is -0.496 e. The van der Waals surface area contributed by atoms with Gasteiger partial charge in [-0.05, 0) is 43.2 Å². The third-order valence-electron chi connectivity index (χ3n) is 4.14. The number of benzene rings is 1.